The molecule has 1 aliphatic rings. The van der Waals surface area contributed by atoms with Gasteiger partial charge in [-0.1, -0.05) is 18.9 Å². The highest BCUT2D eigenvalue weighted by Crippen LogP contribution is 2.25. The Balaban J connectivity index is 2.03. The predicted octanol–water partition coefficient (Wildman–Crippen LogP) is 2.41. The minimum absolute atomic E-state index is 0.0695. The normalized spacial score (nSPS) is 15.5. The first-order chi connectivity index (χ1) is 10.9. The van der Waals surface area contributed by atoms with Gasteiger partial charge in [0.2, 0.25) is 10.0 Å². The van der Waals surface area contributed by atoms with E-state index in [1.165, 1.54) is 43.9 Å². The van der Waals surface area contributed by atoms with Crippen molar-refractivity contribution in [2.24, 2.45) is 5.92 Å². The summed E-state index contributed by atoms with van der Waals surface area (Å²) in [6, 6.07) is 6.05. The molecule has 0 atom stereocenters. The largest absolute Gasteiger partial charge is 0.341 e. The highest BCUT2D eigenvalue weighted by molar-refractivity contribution is 7.89. The standard InChI is InChI=1S/C17H24N2O3S/c1-3-12-18-23(21,22)16-10-8-15(9-11-16)17(20)19(2)13-14-6-4-5-7-14/h3,8-11,14,18H,1,4-7,12-13H2,2H3. The average molecular weight is 336 g/mol. The smallest absolute Gasteiger partial charge is 0.253 e. The van der Waals surface area contributed by atoms with Crippen molar-refractivity contribution in [1.82, 2.24) is 9.62 Å². The molecule has 0 unspecified atom stereocenters. The summed E-state index contributed by atoms with van der Waals surface area (Å²) in [5.41, 5.74) is 0.508. The molecule has 0 saturated heterocycles. The lowest BCUT2D eigenvalue weighted by molar-refractivity contribution is 0.0773. The van der Waals surface area contributed by atoms with E-state index in [2.05, 4.69) is 11.3 Å². The molecule has 1 aromatic rings. The number of carbonyl (C=O) groups excluding carboxylic acids is 1. The van der Waals surface area contributed by atoms with Crippen molar-refractivity contribution in [3.8, 4) is 0 Å². The Kier molecular flexibility index (Phi) is 5.96. The summed E-state index contributed by atoms with van der Waals surface area (Å²) in [7, 11) is -1.75. The van der Waals surface area contributed by atoms with Crippen LogP contribution in [0.5, 0.6) is 0 Å². The third kappa shape index (κ3) is 4.65. The van der Waals surface area contributed by atoms with Crippen molar-refractivity contribution in [3.63, 3.8) is 0 Å². The van der Waals surface area contributed by atoms with Crippen LogP contribution in [0.15, 0.2) is 41.8 Å². The van der Waals surface area contributed by atoms with Crippen molar-refractivity contribution in [3.05, 3.63) is 42.5 Å². The van der Waals surface area contributed by atoms with Crippen LogP contribution in [0.1, 0.15) is 36.0 Å². The summed E-state index contributed by atoms with van der Waals surface area (Å²) in [4.78, 5) is 14.3. The van der Waals surface area contributed by atoms with Gasteiger partial charge in [0.05, 0.1) is 4.90 Å². The van der Waals surface area contributed by atoms with E-state index in [9.17, 15) is 13.2 Å². The number of benzene rings is 1. The Morgan fingerprint density at radius 3 is 2.48 bits per heavy atom. The van der Waals surface area contributed by atoms with Gasteiger partial charge in [-0.2, -0.15) is 0 Å². The number of nitrogens with zero attached hydrogens (tertiary/aromatic N) is 1. The van der Waals surface area contributed by atoms with Crippen LogP contribution >= 0.6 is 0 Å². The fraction of sp³-hybridized carbons (Fsp3) is 0.471. The molecule has 0 aliphatic heterocycles. The molecule has 1 amide bonds. The zero-order valence-corrected chi connectivity index (χ0v) is 14.3. The monoisotopic (exact) mass is 336 g/mol. The molecule has 0 spiro atoms. The fourth-order valence-corrected chi connectivity index (χ4v) is 3.91. The maximum absolute atomic E-state index is 12.4. The Labute approximate surface area is 138 Å². The van der Waals surface area contributed by atoms with Crippen LogP contribution < -0.4 is 4.72 Å². The van der Waals surface area contributed by atoms with Gasteiger partial charge in [0.15, 0.2) is 0 Å². The van der Waals surface area contributed by atoms with Gasteiger partial charge >= 0.3 is 0 Å². The van der Waals surface area contributed by atoms with Crippen molar-refractivity contribution in [2.45, 2.75) is 30.6 Å². The number of hydrogen-bond donors (Lipinski definition) is 1. The molecule has 23 heavy (non-hydrogen) atoms. The molecule has 1 aliphatic carbocycles. The minimum atomic E-state index is -3.55. The SMILES string of the molecule is C=CCNS(=O)(=O)c1ccc(C(=O)N(C)CC2CCCC2)cc1. The first kappa shape index (κ1) is 17.7. The van der Waals surface area contributed by atoms with E-state index in [1.807, 2.05) is 0 Å². The second-order valence-corrected chi connectivity index (χ2v) is 7.77. The maximum Gasteiger partial charge on any atom is 0.253 e. The summed E-state index contributed by atoms with van der Waals surface area (Å²) >= 11 is 0. The topological polar surface area (TPSA) is 66.5 Å². The zero-order chi connectivity index (χ0) is 16.9. The number of nitrogens with one attached hydrogen (secondary N) is 1. The lowest BCUT2D eigenvalue weighted by Crippen LogP contribution is -2.31. The molecule has 2 rings (SSSR count). The first-order valence-corrected chi connectivity index (χ1v) is 9.38. The first-order valence-electron chi connectivity index (χ1n) is 7.90. The van der Waals surface area contributed by atoms with Crippen molar-refractivity contribution < 1.29 is 13.2 Å². The highest BCUT2D eigenvalue weighted by atomic mass is 32.2. The molecule has 0 bridgehead atoms. The maximum atomic E-state index is 12.4. The predicted molar refractivity (Wildman–Crippen MR) is 90.7 cm³/mol. The molecule has 1 N–H and O–H groups in total. The Bertz CT molecular complexity index is 647. The Morgan fingerprint density at radius 1 is 1.30 bits per heavy atom. The number of rotatable bonds is 7. The molecule has 1 saturated carbocycles. The van der Waals surface area contributed by atoms with E-state index >= 15 is 0 Å². The van der Waals surface area contributed by atoms with Crippen LogP contribution in [0, 0.1) is 5.92 Å². The van der Waals surface area contributed by atoms with Gasteiger partial charge in [0, 0.05) is 25.7 Å². The molecule has 0 radical (unpaired) electrons. The second kappa shape index (κ2) is 7.75. The van der Waals surface area contributed by atoms with Crippen molar-refractivity contribution >= 4 is 15.9 Å². The van der Waals surface area contributed by atoms with E-state index < -0.39 is 10.0 Å². The molecule has 5 nitrogen and oxygen atoms in total. The molecular formula is C17H24N2O3S. The van der Waals surface area contributed by atoms with E-state index in [1.54, 1.807) is 24.1 Å². The van der Waals surface area contributed by atoms with Gasteiger partial charge in [-0.3, -0.25) is 4.79 Å². The van der Waals surface area contributed by atoms with E-state index in [0.29, 0.717) is 11.5 Å². The van der Waals surface area contributed by atoms with Gasteiger partial charge in [-0.15, -0.1) is 6.58 Å². The number of hydrogen-bond acceptors (Lipinski definition) is 3. The Hall–Kier alpha value is -1.66. The van der Waals surface area contributed by atoms with E-state index in [4.69, 9.17) is 0 Å². The third-order valence-electron chi connectivity index (χ3n) is 4.18. The van der Waals surface area contributed by atoms with Crippen LogP contribution in [-0.4, -0.2) is 39.4 Å². The van der Waals surface area contributed by atoms with Crippen LogP contribution in [0.25, 0.3) is 0 Å². The summed E-state index contributed by atoms with van der Waals surface area (Å²) in [5.74, 6) is 0.520. The summed E-state index contributed by atoms with van der Waals surface area (Å²) < 4.78 is 26.4. The summed E-state index contributed by atoms with van der Waals surface area (Å²) in [6.07, 6.45) is 6.34. The summed E-state index contributed by atoms with van der Waals surface area (Å²) in [6.45, 7) is 4.42. The molecule has 1 aromatic carbocycles. The van der Waals surface area contributed by atoms with Crippen molar-refractivity contribution in [1.29, 1.82) is 0 Å². The molecule has 1 fully saturated rings. The van der Waals surface area contributed by atoms with Crippen LogP contribution in [0.2, 0.25) is 0 Å². The van der Waals surface area contributed by atoms with Gasteiger partial charge in [0.1, 0.15) is 0 Å². The van der Waals surface area contributed by atoms with Crippen LogP contribution in [0.4, 0.5) is 0 Å². The fourth-order valence-electron chi connectivity index (χ4n) is 2.91. The molecular weight excluding hydrogens is 312 g/mol. The summed E-state index contributed by atoms with van der Waals surface area (Å²) in [5, 5.41) is 0. The second-order valence-electron chi connectivity index (χ2n) is 6.00. The van der Waals surface area contributed by atoms with Gasteiger partial charge in [-0.05, 0) is 43.0 Å². The number of carbonyl (C=O) groups is 1. The van der Waals surface area contributed by atoms with Crippen LogP contribution in [-0.2, 0) is 10.0 Å². The molecule has 6 heteroatoms. The number of sulfonamides is 1. The van der Waals surface area contributed by atoms with E-state index in [0.717, 1.165) is 6.54 Å². The molecule has 126 valence electrons. The van der Waals surface area contributed by atoms with Crippen LogP contribution in [0.3, 0.4) is 0 Å². The lowest BCUT2D eigenvalue weighted by Gasteiger charge is -2.21. The van der Waals surface area contributed by atoms with Gasteiger partial charge in [0.25, 0.3) is 5.91 Å². The highest BCUT2D eigenvalue weighted by Gasteiger charge is 2.21. The molecule has 0 heterocycles. The minimum Gasteiger partial charge on any atom is -0.341 e. The van der Waals surface area contributed by atoms with Gasteiger partial charge in [-0.25, -0.2) is 13.1 Å². The molecule has 0 aromatic heterocycles. The Morgan fingerprint density at radius 2 is 1.91 bits per heavy atom. The number of amides is 1. The van der Waals surface area contributed by atoms with Crippen molar-refractivity contribution in [2.75, 3.05) is 20.1 Å². The quantitative estimate of drug-likeness (QED) is 0.778. The average Bonchev–Trinajstić information content (AvgIpc) is 3.05. The zero-order valence-electron chi connectivity index (χ0n) is 13.5. The van der Waals surface area contributed by atoms with E-state index in [-0.39, 0.29) is 17.3 Å². The third-order valence-corrected chi connectivity index (χ3v) is 5.62. The lowest BCUT2D eigenvalue weighted by atomic mass is 10.1. The van der Waals surface area contributed by atoms with Gasteiger partial charge < -0.3 is 4.90 Å².